The summed E-state index contributed by atoms with van der Waals surface area (Å²) in [5, 5.41) is 1.12. The maximum Gasteiger partial charge on any atom is 0.142 e. The summed E-state index contributed by atoms with van der Waals surface area (Å²) in [5.41, 5.74) is 2.25. The summed E-state index contributed by atoms with van der Waals surface area (Å²) in [6.07, 6.45) is 0. The molecular formula is C10H10BrNO. The van der Waals surface area contributed by atoms with E-state index >= 15 is 0 Å². The van der Waals surface area contributed by atoms with E-state index in [1.54, 1.807) is 7.11 Å². The Labute approximate surface area is 85.0 Å². The predicted octanol–water partition coefficient (Wildman–Crippen LogP) is 3.25. The second-order valence-corrected chi connectivity index (χ2v) is 3.85. The number of rotatable bonds is 1. The molecule has 0 spiro atoms. The molecule has 0 fully saturated rings. The molecule has 0 aliphatic rings. The third-order valence-corrected chi connectivity index (χ3v) is 2.67. The number of methoxy groups -OCH3 is 1. The molecule has 1 aromatic heterocycles. The lowest BCUT2D eigenvalue weighted by Crippen LogP contribution is -1.84. The van der Waals surface area contributed by atoms with E-state index in [9.17, 15) is 0 Å². The van der Waals surface area contributed by atoms with Crippen LogP contribution in [0.1, 0.15) is 5.69 Å². The molecule has 0 unspecified atom stereocenters. The first-order chi connectivity index (χ1) is 6.22. The monoisotopic (exact) mass is 239 g/mol. The quantitative estimate of drug-likeness (QED) is 0.813. The number of benzene rings is 1. The molecule has 0 aliphatic carbocycles. The molecule has 2 nitrogen and oxygen atoms in total. The lowest BCUT2D eigenvalue weighted by Gasteiger charge is -2.03. The maximum atomic E-state index is 5.30. The minimum atomic E-state index is 0.891. The second-order valence-electron chi connectivity index (χ2n) is 2.99. The third kappa shape index (κ3) is 1.33. The molecule has 0 radical (unpaired) electrons. The highest BCUT2D eigenvalue weighted by Crippen LogP contribution is 2.33. The van der Waals surface area contributed by atoms with Crippen molar-refractivity contribution >= 4 is 26.8 Å². The Kier molecular flexibility index (Phi) is 2.04. The van der Waals surface area contributed by atoms with E-state index in [2.05, 4.69) is 27.0 Å². The minimum absolute atomic E-state index is 0.891. The highest BCUT2D eigenvalue weighted by molar-refractivity contribution is 9.10. The van der Waals surface area contributed by atoms with E-state index in [0.717, 1.165) is 26.8 Å². The van der Waals surface area contributed by atoms with Crippen molar-refractivity contribution in [2.45, 2.75) is 6.92 Å². The smallest absolute Gasteiger partial charge is 0.142 e. The van der Waals surface area contributed by atoms with Gasteiger partial charge in [-0.3, -0.25) is 0 Å². The van der Waals surface area contributed by atoms with Crippen molar-refractivity contribution in [1.29, 1.82) is 0 Å². The summed E-state index contributed by atoms with van der Waals surface area (Å²) < 4.78 is 6.29. The number of hydrogen-bond acceptors (Lipinski definition) is 1. The predicted molar refractivity (Wildman–Crippen MR) is 57.3 cm³/mol. The van der Waals surface area contributed by atoms with Crippen LogP contribution in [-0.4, -0.2) is 12.1 Å². The fraction of sp³-hybridized carbons (Fsp3) is 0.200. The molecule has 0 atom stereocenters. The lowest BCUT2D eigenvalue weighted by atomic mass is 10.2. The summed E-state index contributed by atoms with van der Waals surface area (Å²) in [6.45, 7) is 2.04. The normalized spacial score (nSPS) is 10.7. The van der Waals surface area contributed by atoms with E-state index in [1.165, 1.54) is 0 Å². The molecule has 0 aliphatic heterocycles. The SMILES string of the molecule is COc1c(Br)ccc2[nH]c(C)cc12. The van der Waals surface area contributed by atoms with Gasteiger partial charge in [0.05, 0.1) is 11.6 Å². The van der Waals surface area contributed by atoms with Crippen molar-refractivity contribution in [1.82, 2.24) is 4.98 Å². The van der Waals surface area contributed by atoms with Crippen LogP contribution < -0.4 is 4.74 Å². The van der Waals surface area contributed by atoms with Crippen LogP contribution in [-0.2, 0) is 0 Å². The van der Waals surface area contributed by atoms with Crippen molar-refractivity contribution in [3.8, 4) is 5.75 Å². The van der Waals surface area contributed by atoms with E-state index in [0.29, 0.717) is 0 Å². The topological polar surface area (TPSA) is 25.0 Å². The van der Waals surface area contributed by atoms with Crippen LogP contribution in [0.15, 0.2) is 22.7 Å². The first-order valence-corrected chi connectivity index (χ1v) is 4.83. The maximum absolute atomic E-state index is 5.30. The molecule has 1 aromatic carbocycles. The van der Waals surface area contributed by atoms with Crippen LogP contribution in [0, 0.1) is 6.92 Å². The van der Waals surface area contributed by atoms with E-state index < -0.39 is 0 Å². The van der Waals surface area contributed by atoms with Gasteiger partial charge in [0.15, 0.2) is 0 Å². The van der Waals surface area contributed by atoms with Crippen molar-refractivity contribution in [3.05, 3.63) is 28.4 Å². The second kappa shape index (κ2) is 3.07. The van der Waals surface area contributed by atoms with Gasteiger partial charge in [0.25, 0.3) is 0 Å². The Bertz CT molecular complexity index is 447. The Morgan fingerprint density at radius 3 is 2.85 bits per heavy atom. The van der Waals surface area contributed by atoms with Crippen molar-refractivity contribution < 1.29 is 4.74 Å². The number of aromatic amines is 1. The van der Waals surface area contributed by atoms with Gasteiger partial charge in [-0.25, -0.2) is 0 Å². The van der Waals surface area contributed by atoms with Crippen LogP contribution in [0.25, 0.3) is 10.9 Å². The fourth-order valence-electron chi connectivity index (χ4n) is 1.50. The van der Waals surface area contributed by atoms with E-state index in [4.69, 9.17) is 4.74 Å². The molecule has 2 aromatic rings. The fourth-order valence-corrected chi connectivity index (χ4v) is 2.01. The van der Waals surface area contributed by atoms with Crippen LogP contribution in [0.5, 0.6) is 5.75 Å². The van der Waals surface area contributed by atoms with Gasteiger partial charge in [-0.2, -0.15) is 0 Å². The number of hydrogen-bond donors (Lipinski definition) is 1. The molecule has 1 heterocycles. The molecule has 0 saturated heterocycles. The first-order valence-electron chi connectivity index (χ1n) is 4.04. The van der Waals surface area contributed by atoms with Gasteiger partial charge in [-0.05, 0) is 41.1 Å². The van der Waals surface area contributed by atoms with Gasteiger partial charge in [-0.1, -0.05) is 0 Å². The van der Waals surface area contributed by atoms with Crippen LogP contribution in [0.3, 0.4) is 0 Å². The molecule has 13 heavy (non-hydrogen) atoms. The molecule has 3 heteroatoms. The number of ether oxygens (including phenoxy) is 1. The molecule has 0 saturated carbocycles. The Morgan fingerprint density at radius 2 is 2.15 bits per heavy atom. The Balaban J connectivity index is 2.82. The van der Waals surface area contributed by atoms with Gasteiger partial charge < -0.3 is 9.72 Å². The summed E-state index contributed by atoms with van der Waals surface area (Å²) in [7, 11) is 1.68. The lowest BCUT2D eigenvalue weighted by molar-refractivity contribution is 0.417. The van der Waals surface area contributed by atoms with Crippen molar-refractivity contribution in [2.24, 2.45) is 0 Å². The number of fused-ring (bicyclic) bond motifs is 1. The molecule has 0 amide bonds. The highest BCUT2D eigenvalue weighted by Gasteiger charge is 2.07. The number of H-pyrrole nitrogens is 1. The highest BCUT2D eigenvalue weighted by atomic mass is 79.9. The van der Waals surface area contributed by atoms with Gasteiger partial charge in [0.1, 0.15) is 5.75 Å². The van der Waals surface area contributed by atoms with Gasteiger partial charge in [-0.15, -0.1) is 0 Å². The number of aromatic nitrogens is 1. The number of aryl methyl sites for hydroxylation is 1. The summed E-state index contributed by atoms with van der Waals surface area (Å²) in [6, 6.07) is 6.10. The largest absolute Gasteiger partial charge is 0.495 e. The number of halogens is 1. The van der Waals surface area contributed by atoms with Crippen LogP contribution in [0.4, 0.5) is 0 Å². The zero-order chi connectivity index (χ0) is 9.42. The zero-order valence-electron chi connectivity index (χ0n) is 7.52. The first kappa shape index (κ1) is 8.63. The average Bonchev–Trinajstić information content (AvgIpc) is 2.45. The van der Waals surface area contributed by atoms with Gasteiger partial charge in [0.2, 0.25) is 0 Å². The number of nitrogens with one attached hydrogen (secondary N) is 1. The molecular weight excluding hydrogens is 230 g/mol. The van der Waals surface area contributed by atoms with Crippen molar-refractivity contribution in [2.75, 3.05) is 7.11 Å². The van der Waals surface area contributed by atoms with Gasteiger partial charge >= 0.3 is 0 Å². The zero-order valence-corrected chi connectivity index (χ0v) is 9.10. The van der Waals surface area contributed by atoms with Gasteiger partial charge in [0, 0.05) is 16.6 Å². The minimum Gasteiger partial charge on any atom is -0.495 e. The molecule has 1 N–H and O–H groups in total. The Morgan fingerprint density at radius 1 is 1.38 bits per heavy atom. The Hall–Kier alpha value is -0.960. The van der Waals surface area contributed by atoms with Crippen molar-refractivity contribution in [3.63, 3.8) is 0 Å². The summed E-state index contributed by atoms with van der Waals surface area (Å²) in [5.74, 6) is 0.891. The molecule has 68 valence electrons. The molecule has 2 rings (SSSR count). The summed E-state index contributed by atoms with van der Waals surface area (Å²) in [4.78, 5) is 3.26. The average molecular weight is 240 g/mol. The van der Waals surface area contributed by atoms with Crippen LogP contribution in [0.2, 0.25) is 0 Å². The third-order valence-electron chi connectivity index (χ3n) is 2.04. The van der Waals surface area contributed by atoms with E-state index in [1.807, 2.05) is 19.1 Å². The molecule has 0 bridgehead atoms. The summed E-state index contributed by atoms with van der Waals surface area (Å²) >= 11 is 3.45. The standard InChI is InChI=1S/C10H10BrNO/c1-6-5-7-9(12-6)4-3-8(11)10(7)13-2/h3-5,12H,1-2H3. The van der Waals surface area contributed by atoms with Crippen LogP contribution >= 0.6 is 15.9 Å². The van der Waals surface area contributed by atoms with E-state index in [-0.39, 0.29) is 0 Å².